The summed E-state index contributed by atoms with van der Waals surface area (Å²) in [6, 6.07) is 10.7. The van der Waals surface area contributed by atoms with Gasteiger partial charge < -0.3 is 14.2 Å². The monoisotopic (exact) mass is 447 g/mol. The van der Waals surface area contributed by atoms with E-state index in [-0.39, 0.29) is 0 Å². The molecule has 10 heteroatoms. The van der Waals surface area contributed by atoms with Gasteiger partial charge in [-0.05, 0) is 56.3 Å². The van der Waals surface area contributed by atoms with Gasteiger partial charge in [-0.25, -0.2) is 13.8 Å². The second kappa shape index (κ2) is 9.25. The molecule has 31 heavy (non-hydrogen) atoms. The number of fused-ring (bicyclic) bond motifs is 1. The Labute approximate surface area is 181 Å². The Kier molecular flexibility index (Phi) is 6.69. The molecule has 0 aromatic heterocycles. The van der Waals surface area contributed by atoms with Gasteiger partial charge in [-0.1, -0.05) is 0 Å². The minimum absolute atomic E-state index is 0.346. The maximum atomic E-state index is 12.7. The Hall–Kier alpha value is -3.27. The zero-order valence-corrected chi connectivity index (χ0v) is 18.6. The van der Waals surface area contributed by atoms with E-state index in [1.165, 1.54) is 14.0 Å². The predicted molar refractivity (Wildman–Crippen MR) is 118 cm³/mol. The highest BCUT2D eigenvalue weighted by molar-refractivity contribution is 7.92. The van der Waals surface area contributed by atoms with Crippen molar-refractivity contribution in [2.24, 2.45) is 5.10 Å². The van der Waals surface area contributed by atoms with Crippen molar-refractivity contribution >= 4 is 27.3 Å². The van der Waals surface area contributed by atoms with Crippen LogP contribution in [0.1, 0.15) is 19.4 Å². The molecule has 0 saturated carbocycles. The van der Waals surface area contributed by atoms with Gasteiger partial charge in [-0.15, -0.1) is 0 Å². The van der Waals surface area contributed by atoms with Crippen LogP contribution in [-0.4, -0.2) is 52.7 Å². The fourth-order valence-electron chi connectivity index (χ4n) is 3.10. The van der Waals surface area contributed by atoms with Crippen molar-refractivity contribution < 1.29 is 27.4 Å². The molecule has 166 valence electrons. The van der Waals surface area contributed by atoms with Gasteiger partial charge in [0.15, 0.2) is 11.5 Å². The normalized spacial score (nSPS) is 14.5. The number of hydrazone groups is 1. The summed E-state index contributed by atoms with van der Waals surface area (Å²) in [5.41, 5.74) is 4.08. The van der Waals surface area contributed by atoms with E-state index >= 15 is 0 Å². The molecule has 3 rings (SSSR count). The molecule has 0 unspecified atom stereocenters. The van der Waals surface area contributed by atoms with Crippen molar-refractivity contribution in [2.75, 3.05) is 30.9 Å². The lowest BCUT2D eigenvalue weighted by Gasteiger charge is -2.27. The maximum absolute atomic E-state index is 12.7. The van der Waals surface area contributed by atoms with Crippen molar-refractivity contribution in [3.8, 4) is 17.2 Å². The number of carbonyl (C=O) groups excluding carboxylic acids is 1. The van der Waals surface area contributed by atoms with E-state index in [0.717, 1.165) is 16.1 Å². The van der Waals surface area contributed by atoms with Crippen molar-refractivity contribution in [1.82, 2.24) is 5.43 Å². The van der Waals surface area contributed by atoms with Crippen LogP contribution < -0.4 is 23.9 Å². The number of anilines is 1. The highest BCUT2D eigenvalue weighted by Gasteiger charge is 2.29. The van der Waals surface area contributed by atoms with Crippen LogP contribution in [0.2, 0.25) is 0 Å². The molecule has 1 heterocycles. The molecule has 0 aliphatic carbocycles. The van der Waals surface area contributed by atoms with Gasteiger partial charge in [-0.2, -0.15) is 5.10 Å². The van der Waals surface area contributed by atoms with E-state index in [1.54, 1.807) is 43.3 Å². The summed E-state index contributed by atoms with van der Waals surface area (Å²) in [5, 5.41) is 4.13. The van der Waals surface area contributed by atoms with Gasteiger partial charge in [0.25, 0.3) is 5.91 Å². The Bertz CT molecular complexity index is 1080. The van der Waals surface area contributed by atoms with Crippen molar-refractivity contribution in [1.29, 1.82) is 0 Å². The minimum atomic E-state index is -3.73. The van der Waals surface area contributed by atoms with Crippen LogP contribution >= 0.6 is 0 Å². The zero-order chi connectivity index (χ0) is 22.6. The summed E-state index contributed by atoms with van der Waals surface area (Å²) in [4.78, 5) is 12.7. The van der Waals surface area contributed by atoms with E-state index in [4.69, 9.17) is 14.2 Å². The first-order valence-corrected chi connectivity index (χ1v) is 11.4. The Morgan fingerprint density at radius 3 is 2.39 bits per heavy atom. The average molecular weight is 448 g/mol. The lowest BCUT2D eigenvalue weighted by molar-refractivity contribution is -0.121. The van der Waals surface area contributed by atoms with E-state index in [2.05, 4.69) is 10.5 Å². The summed E-state index contributed by atoms with van der Waals surface area (Å²) in [5.74, 6) is 1.27. The number of methoxy groups -OCH3 is 1. The van der Waals surface area contributed by atoms with Crippen LogP contribution in [0.5, 0.6) is 17.2 Å². The first-order chi connectivity index (χ1) is 14.7. The molecule has 1 aliphatic rings. The zero-order valence-electron chi connectivity index (χ0n) is 17.8. The number of hydrogen-bond donors (Lipinski definition) is 1. The quantitative estimate of drug-likeness (QED) is 0.515. The number of ether oxygens (including phenoxy) is 3. The number of nitrogens with one attached hydrogen (secondary N) is 1. The van der Waals surface area contributed by atoms with Crippen LogP contribution in [0.4, 0.5) is 5.69 Å². The summed E-state index contributed by atoms with van der Waals surface area (Å²) in [6.45, 7) is 4.19. The van der Waals surface area contributed by atoms with Crippen molar-refractivity contribution in [3.05, 3.63) is 48.0 Å². The Morgan fingerprint density at radius 2 is 1.77 bits per heavy atom. The molecule has 2 aromatic carbocycles. The van der Waals surface area contributed by atoms with Gasteiger partial charge in [0, 0.05) is 5.56 Å². The molecule has 0 fully saturated rings. The predicted octanol–water partition coefficient (Wildman–Crippen LogP) is 2.16. The van der Waals surface area contributed by atoms with Gasteiger partial charge >= 0.3 is 0 Å². The second-order valence-electron chi connectivity index (χ2n) is 6.96. The molecule has 1 atom stereocenters. The SMILES string of the molecule is COc1ccc(N([C@H](C)C(=O)N/N=C(/C)c2ccc3c(c2)OCCO3)S(C)(=O)=O)cc1. The summed E-state index contributed by atoms with van der Waals surface area (Å²) in [7, 11) is -2.21. The highest BCUT2D eigenvalue weighted by atomic mass is 32.2. The number of sulfonamides is 1. The molecular formula is C21H25N3O6S. The third-order valence-electron chi connectivity index (χ3n) is 4.71. The van der Waals surface area contributed by atoms with E-state index in [0.29, 0.717) is 41.9 Å². The van der Waals surface area contributed by atoms with Crippen LogP contribution in [0.3, 0.4) is 0 Å². The van der Waals surface area contributed by atoms with Gasteiger partial charge in [-0.3, -0.25) is 9.10 Å². The molecule has 1 N–H and O–H groups in total. The van der Waals surface area contributed by atoms with Crippen molar-refractivity contribution in [2.45, 2.75) is 19.9 Å². The largest absolute Gasteiger partial charge is 0.497 e. The van der Waals surface area contributed by atoms with E-state index < -0.39 is 22.0 Å². The first-order valence-electron chi connectivity index (χ1n) is 9.58. The minimum Gasteiger partial charge on any atom is -0.497 e. The highest BCUT2D eigenvalue weighted by Crippen LogP contribution is 2.31. The van der Waals surface area contributed by atoms with E-state index in [1.807, 2.05) is 6.07 Å². The van der Waals surface area contributed by atoms with Gasteiger partial charge in [0.1, 0.15) is 25.0 Å². The average Bonchev–Trinajstić information content (AvgIpc) is 2.76. The van der Waals surface area contributed by atoms with Crippen LogP contribution in [-0.2, 0) is 14.8 Å². The molecular weight excluding hydrogens is 422 g/mol. The number of benzene rings is 2. The molecule has 2 aromatic rings. The van der Waals surface area contributed by atoms with Crippen LogP contribution in [0.25, 0.3) is 0 Å². The summed E-state index contributed by atoms with van der Waals surface area (Å²) >= 11 is 0. The molecule has 0 radical (unpaired) electrons. The third kappa shape index (κ3) is 5.26. The molecule has 1 aliphatic heterocycles. The first kappa shape index (κ1) is 22.4. The molecule has 9 nitrogen and oxygen atoms in total. The Morgan fingerprint density at radius 1 is 1.13 bits per heavy atom. The van der Waals surface area contributed by atoms with Crippen LogP contribution in [0, 0.1) is 0 Å². The van der Waals surface area contributed by atoms with Gasteiger partial charge in [0.05, 0.1) is 24.8 Å². The molecule has 0 bridgehead atoms. The maximum Gasteiger partial charge on any atom is 0.263 e. The van der Waals surface area contributed by atoms with Crippen LogP contribution in [0.15, 0.2) is 47.6 Å². The summed E-state index contributed by atoms with van der Waals surface area (Å²) < 4.78 is 42.0. The molecule has 1 amide bonds. The number of carbonyl (C=O) groups is 1. The number of rotatable bonds is 7. The summed E-state index contributed by atoms with van der Waals surface area (Å²) in [6.07, 6.45) is 1.05. The number of hydrogen-bond acceptors (Lipinski definition) is 7. The van der Waals surface area contributed by atoms with E-state index in [9.17, 15) is 13.2 Å². The number of nitrogens with zero attached hydrogens (tertiary/aromatic N) is 2. The molecule has 0 saturated heterocycles. The fourth-order valence-corrected chi connectivity index (χ4v) is 4.28. The third-order valence-corrected chi connectivity index (χ3v) is 5.95. The molecule has 0 spiro atoms. The topological polar surface area (TPSA) is 107 Å². The standard InChI is InChI=1S/C21H25N3O6S/c1-14(16-5-10-19-20(13-16)30-12-11-29-19)22-23-21(25)15(2)24(31(4,26)27)17-6-8-18(28-3)9-7-17/h5-10,13,15H,11-12H2,1-4H3,(H,23,25)/b22-14-/t15-/m1/s1. The van der Waals surface area contributed by atoms with Crippen molar-refractivity contribution in [3.63, 3.8) is 0 Å². The second-order valence-corrected chi connectivity index (χ2v) is 8.82. The fraction of sp³-hybridized carbons (Fsp3) is 0.333. The van der Waals surface area contributed by atoms with Gasteiger partial charge in [0.2, 0.25) is 10.0 Å². The Balaban J connectivity index is 1.76. The smallest absolute Gasteiger partial charge is 0.263 e. The lowest BCUT2D eigenvalue weighted by Crippen LogP contribution is -2.46. The lowest BCUT2D eigenvalue weighted by atomic mass is 10.1. The number of amides is 1.